The second-order valence-electron chi connectivity index (χ2n) is 12.2. The number of halogens is 1. The monoisotopic (exact) mass is 661 g/mol. The van der Waals surface area contributed by atoms with E-state index in [0.29, 0.717) is 58.2 Å². The third kappa shape index (κ3) is 4.23. The Bertz CT molecular complexity index is 1780. The Labute approximate surface area is 277 Å². The van der Waals surface area contributed by atoms with Crippen molar-refractivity contribution < 1.29 is 28.5 Å². The number of nitrogens with one attached hydrogen (secondary N) is 1. The lowest BCUT2D eigenvalue weighted by Crippen LogP contribution is -2.65. The number of hydrogen-bond donors (Lipinski definition) is 1. The summed E-state index contributed by atoms with van der Waals surface area (Å²) < 4.78 is 22.7. The zero-order valence-corrected chi connectivity index (χ0v) is 28.0. The van der Waals surface area contributed by atoms with Crippen molar-refractivity contribution in [2.45, 2.75) is 17.5 Å². The first-order valence-corrected chi connectivity index (χ1v) is 16.6. The number of rotatable bonds is 6. The summed E-state index contributed by atoms with van der Waals surface area (Å²) in [4.78, 5) is 34.9. The minimum absolute atomic E-state index is 0.0753. The third-order valence-corrected chi connectivity index (χ3v) is 11.3. The number of likely N-dealkylation sites (tertiary alicyclic amines) is 1. The highest BCUT2D eigenvalue weighted by molar-refractivity contribution is 7.99. The topological polar surface area (TPSA) is 89.6 Å². The molecule has 1 amide bonds. The summed E-state index contributed by atoms with van der Waals surface area (Å²) in [5.41, 5.74) is 1.04. The molecule has 46 heavy (non-hydrogen) atoms. The quantitative estimate of drug-likeness (QED) is 0.355. The van der Waals surface area contributed by atoms with E-state index < -0.39 is 16.9 Å². The zero-order valence-electron chi connectivity index (χ0n) is 26.4. The standard InChI is InChI=1S/C35H36ClN3O6S/c1-38-16-21(12-20-6-8-23(42-2)14-29(20)44-4)32(40)34(18-38)31(25-10-9-24(43-3)15-30(25)45-5)28-17-46-19-39(28)35(34)26-13-22(36)7-11-27(26)37-33(35)41/h6-15,28,31H,16-19H2,1-5H3,(H,37,41)/b21-12+/t28-,31-,34-,35-/m0/s1. The summed E-state index contributed by atoms with van der Waals surface area (Å²) in [6.45, 7) is 0.752. The molecule has 0 radical (unpaired) electrons. The van der Waals surface area contributed by atoms with Crippen molar-refractivity contribution in [3.63, 3.8) is 0 Å². The van der Waals surface area contributed by atoms with Gasteiger partial charge < -0.3 is 29.2 Å². The number of Topliss-reactive ketones (excluding diaryl/α,β-unsaturated/α-hetero) is 1. The van der Waals surface area contributed by atoms with Gasteiger partial charge in [-0.3, -0.25) is 14.5 Å². The van der Waals surface area contributed by atoms with Crippen LogP contribution in [-0.2, 0) is 15.1 Å². The number of carbonyl (C=O) groups is 2. The zero-order chi connectivity index (χ0) is 32.4. The van der Waals surface area contributed by atoms with Crippen molar-refractivity contribution in [2.75, 3.05) is 65.5 Å². The maximum absolute atomic E-state index is 15.7. The molecular weight excluding hydrogens is 626 g/mol. The second kappa shape index (κ2) is 11.5. The van der Waals surface area contributed by atoms with Crippen molar-refractivity contribution in [3.8, 4) is 23.0 Å². The fourth-order valence-electron chi connectivity index (χ4n) is 8.38. The molecule has 0 bridgehead atoms. The van der Waals surface area contributed by atoms with Crippen LogP contribution in [0.4, 0.5) is 5.69 Å². The lowest BCUT2D eigenvalue weighted by atomic mass is 9.55. The molecule has 0 saturated carbocycles. The van der Waals surface area contributed by atoms with Gasteiger partial charge >= 0.3 is 0 Å². The SMILES string of the molecule is COc1ccc(/C=C2\CN(C)C[C@@]3(C2=O)[C@@H](c2ccc(OC)cc2OC)[C@@H]2CSCN2[C@@]32C(=O)Nc3ccc(Cl)cc32)c(OC)c1. The van der Waals surface area contributed by atoms with Gasteiger partial charge in [0, 0.05) is 81.8 Å². The maximum atomic E-state index is 15.7. The number of ketones is 1. The van der Waals surface area contributed by atoms with Crippen molar-refractivity contribution in [1.82, 2.24) is 9.80 Å². The number of anilines is 1. The normalized spacial score (nSPS) is 28.1. The van der Waals surface area contributed by atoms with Gasteiger partial charge in [0.15, 0.2) is 5.78 Å². The molecule has 7 rings (SSSR count). The Hall–Kier alpha value is -3.70. The summed E-state index contributed by atoms with van der Waals surface area (Å²) in [7, 11) is 8.45. The van der Waals surface area contributed by atoms with Gasteiger partial charge in [-0.2, -0.15) is 0 Å². The Balaban J connectivity index is 1.53. The van der Waals surface area contributed by atoms with E-state index in [1.807, 2.05) is 55.6 Å². The molecule has 4 heterocycles. The van der Waals surface area contributed by atoms with Crippen LogP contribution in [0.3, 0.4) is 0 Å². The van der Waals surface area contributed by atoms with Crippen LogP contribution in [0.15, 0.2) is 60.2 Å². The molecule has 3 fully saturated rings. The number of likely N-dealkylation sites (N-methyl/N-ethyl adjacent to an activating group) is 1. The van der Waals surface area contributed by atoms with Gasteiger partial charge in [0.05, 0.1) is 33.9 Å². The smallest absolute Gasteiger partial charge is 0.250 e. The Morgan fingerprint density at radius 2 is 1.65 bits per heavy atom. The molecule has 0 aliphatic carbocycles. The van der Waals surface area contributed by atoms with Crippen molar-refractivity contribution >= 4 is 46.8 Å². The molecule has 4 atom stereocenters. The third-order valence-electron chi connectivity index (χ3n) is 10.1. The molecule has 240 valence electrons. The first-order valence-electron chi connectivity index (χ1n) is 15.1. The highest BCUT2D eigenvalue weighted by Gasteiger charge is 2.79. The van der Waals surface area contributed by atoms with Crippen LogP contribution < -0.4 is 24.3 Å². The largest absolute Gasteiger partial charge is 0.497 e. The van der Waals surface area contributed by atoms with E-state index in [-0.39, 0.29) is 17.7 Å². The lowest BCUT2D eigenvalue weighted by Gasteiger charge is -2.51. The molecule has 3 aromatic carbocycles. The van der Waals surface area contributed by atoms with Gasteiger partial charge in [-0.25, -0.2) is 0 Å². The van der Waals surface area contributed by atoms with E-state index in [1.54, 1.807) is 52.3 Å². The van der Waals surface area contributed by atoms with Gasteiger partial charge in [-0.1, -0.05) is 17.7 Å². The van der Waals surface area contributed by atoms with E-state index in [4.69, 9.17) is 30.5 Å². The van der Waals surface area contributed by atoms with Crippen LogP contribution >= 0.6 is 23.4 Å². The molecule has 0 aromatic heterocycles. The number of ether oxygens (including phenoxy) is 4. The Morgan fingerprint density at radius 3 is 2.37 bits per heavy atom. The van der Waals surface area contributed by atoms with Crippen molar-refractivity contribution in [2.24, 2.45) is 5.41 Å². The fraction of sp³-hybridized carbons (Fsp3) is 0.371. The first-order chi connectivity index (χ1) is 22.2. The number of thioether (sulfide) groups is 1. The molecule has 11 heteroatoms. The lowest BCUT2D eigenvalue weighted by molar-refractivity contribution is -0.146. The van der Waals surface area contributed by atoms with Gasteiger partial charge in [-0.05, 0) is 49.5 Å². The van der Waals surface area contributed by atoms with Crippen molar-refractivity contribution in [1.29, 1.82) is 0 Å². The summed E-state index contributed by atoms with van der Waals surface area (Å²) in [5, 5.41) is 3.68. The molecule has 4 aliphatic rings. The average molecular weight is 662 g/mol. The summed E-state index contributed by atoms with van der Waals surface area (Å²) >= 11 is 8.44. The number of piperidine rings is 1. The van der Waals surface area contributed by atoms with Crippen LogP contribution in [0.25, 0.3) is 6.08 Å². The number of fused-ring (bicyclic) bond motifs is 5. The van der Waals surface area contributed by atoms with E-state index in [9.17, 15) is 4.79 Å². The summed E-state index contributed by atoms with van der Waals surface area (Å²) in [5.74, 6) is 3.14. The van der Waals surface area contributed by atoms with Crippen LogP contribution in [0.1, 0.15) is 22.6 Å². The average Bonchev–Trinajstić information content (AvgIpc) is 3.71. The number of methoxy groups -OCH3 is 4. The molecule has 4 aliphatic heterocycles. The fourth-order valence-corrected chi connectivity index (χ4v) is 9.86. The maximum Gasteiger partial charge on any atom is 0.250 e. The summed E-state index contributed by atoms with van der Waals surface area (Å²) in [6, 6.07) is 16.6. The van der Waals surface area contributed by atoms with Gasteiger partial charge in [0.2, 0.25) is 0 Å². The molecule has 0 unspecified atom stereocenters. The van der Waals surface area contributed by atoms with Crippen LogP contribution in [0.5, 0.6) is 23.0 Å². The molecule has 1 N–H and O–H groups in total. The van der Waals surface area contributed by atoms with E-state index in [2.05, 4.69) is 15.1 Å². The predicted octanol–water partition coefficient (Wildman–Crippen LogP) is 5.28. The number of carbonyl (C=O) groups excluding carboxylic acids is 2. The van der Waals surface area contributed by atoms with E-state index in [0.717, 1.165) is 22.4 Å². The van der Waals surface area contributed by atoms with Crippen molar-refractivity contribution in [3.05, 3.63) is 81.9 Å². The number of nitrogens with zero attached hydrogens (tertiary/aromatic N) is 2. The molecule has 3 saturated heterocycles. The number of benzene rings is 3. The van der Waals surface area contributed by atoms with Crippen LogP contribution in [0, 0.1) is 5.41 Å². The molecular formula is C35H36ClN3O6S. The Morgan fingerprint density at radius 1 is 0.935 bits per heavy atom. The molecule has 2 spiro atoms. The highest BCUT2D eigenvalue weighted by Crippen LogP contribution is 2.69. The van der Waals surface area contributed by atoms with E-state index in [1.165, 1.54) is 0 Å². The number of amides is 1. The predicted molar refractivity (Wildman–Crippen MR) is 179 cm³/mol. The summed E-state index contributed by atoms with van der Waals surface area (Å²) in [6.07, 6.45) is 1.90. The number of hydrogen-bond acceptors (Lipinski definition) is 9. The van der Waals surface area contributed by atoms with E-state index >= 15 is 4.79 Å². The van der Waals surface area contributed by atoms with Gasteiger partial charge in [0.1, 0.15) is 28.5 Å². The molecule has 9 nitrogen and oxygen atoms in total. The highest BCUT2D eigenvalue weighted by atomic mass is 35.5. The van der Waals surface area contributed by atoms with Crippen LogP contribution in [0.2, 0.25) is 5.02 Å². The second-order valence-corrected chi connectivity index (χ2v) is 13.7. The first kappa shape index (κ1) is 30.9. The van der Waals surface area contributed by atoms with Gasteiger partial charge in [-0.15, -0.1) is 11.8 Å². The Kier molecular flexibility index (Phi) is 7.75. The molecule has 3 aromatic rings. The minimum atomic E-state index is -1.33. The minimum Gasteiger partial charge on any atom is -0.497 e. The van der Waals surface area contributed by atoms with Gasteiger partial charge in [0.25, 0.3) is 5.91 Å². The van der Waals surface area contributed by atoms with Crippen LogP contribution in [-0.4, -0.2) is 87.7 Å².